The van der Waals surface area contributed by atoms with Crippen molar-refractivity contribution in [2.24, 2.45) is 5.92 Å². The topological polar surface area (TPSA) is 68.5 Å². The van der Waals surface area contributed by atoms with Crippen molar-refractivity contribution in [1.82, 2.24) is 14.6 Å². The first-order valence-corrected chi connectivity index (χ1v) is 9.82. The number of allylic oxidation sites excluding steroid dienone is 3. The number of pyridine rings is 1. The Bertz CT molecular complexity index is 1080. The summed E-state index contributed by atoms with van der Waals surface area (Å²) < 4.78 is 7.53. The van der Waals surface area contributed by atoms with Crippen LogP contribution in [0.2, 0.25) is 0 Å². The quantitative estimate of drug-likeness (QED) is 0.599. The number of benzene rings is 1. The maximum Gasteiger partial charge on any atom is 0.249 e. The zero-order valence-corrected chi connectivity index (χ0v) is 16.6. The fourth-order valence-corrected chi connectivity index (χ4v) is 2.98. The van der Waals surface area contributed by atoms with Crippen LogP contribution in [0.4, 0.5) is 5.95 Å². The monoisotopic (exact) mass is 388 g/mol. The van der Waals surface area contributed by atoms with Crippen molar-refractivity contribution in [1.29, 1.82) is 0 Å². The van der Waals surface area contributed by atoms with Gasteiger partial charge in [-0.05, 0) is 62.1 Å². The summed E-state index contributed by atoms with van der Waals surface area (Å²) in [5.41, 5.74) is 3.82. The van der Waals surface area contributed by atoms with Gasteiger partial charge in [-0.1, -0.05) is 30.4 Å². The molecule has 1 aromatic carbocycles. The van der Waals surface area contributed by atoms with Gasteiger partial charge < -0.3 is 4.74 Å². The smallest absolute Gasteiger partial charge is 0.249 e. The Morgan fingerprint density at radius 1 is 1.28 bits per heavy atom. The molecule has 0 unspecified atom stereocenters. The third-order valence-corrected chi connectivity index (χ3v) is 4.75. The number of hydrogen-bond donors (Lipinski definition) is 1. The number of fused-ring (bicyclic) bond motifs is 1. The molecule has 1 aliphatic rings. The highest BCUT2D eigenvalue weighted by Gasteiger charge is 2.30. The molecule has 1 saturated carbocycles. The molecular weight excluding hydrogens is 364 g/mol. The molecule has 6 heteroatoms. The SMILES string of the molecule is CC=CC=C(C)COc1ccc(-c2cccn3nc(NC(=O)C4CC4)nc23)cc1. The lowest BCUT2D eigenvalue weighted by atomic mass is 10.1. The molecule has 0 aliphatic heterocycles. The van der Waals surface area contributed by atoms with E-state index in [1.807, 2.05) is 74.7 Å². The van der Waals surface area contributed by atoms with Gasteiger partial charge in [-0.15, -0.1) is 5.10 Å². The van der Waals surface area contributed by atoms with Crippen LogP contribution in [0.25, 0.3) is 16.8 Å². The number of amides is 1. The minimum absolute atomic E-state index is 0.00253. The fraction of sp³-hybridized carbons (Fsp3) is 0.261. The van der Waals surface area contributed by atoms with E-state index < -0.39 is 0 Å². The third kappa shape index (κ3) is 4.54. The maximum absolute atomic E-state index is 12.0. The van der Waals surface area contributed by atoms with Gasteiger partial charge in [0.05, 0.1) is 0 Å². The van der Waals surface area contributed by atoms with Gasteiger partial charge >= 0.3 is 0 Å². The molecular formula is C23H24N4O2. The van der Waals surface area contributed by atoms with E-state index in [0.29, 0.717) is 18.2 Å². The summed E-state index contributed by atoms with van der Waals surface area (Å²) in [5, 5.41) is 7.19. The van der Waals surface area contributed by atoms with Gasteiger partial charge in [-0.25, -0.2) is 4.52 Å². The molecule has 148 valence electrons. The van der Waals surface area contributed by atoms with Gasteiger partial charge in [0.25, 0.3) is 0 Å². The van der Waals surface area contributed by atoms with Crippen molar-refractivity contribution in [2.45, 2.75) is 26.7 Å². The molecule has 3 aromatic rings. The number of carbonyl (C=O) groups excluding carboxylic acids is 1. The highest BCUT2D eigenvalue weighted by Crippen LogP contribution is 2.30. The first kappa shape index (κ1) is 18.9. The van der Waals surface area contributed by atoms with E-state index in [-0.39, 0.29) is 11.8 Å². The number of nitrogens with one attached hydrogen (secondary N) is 1. The molecule has 0 spiro atoms. The summed E-state index contributed by atoms with van der Waals surface area (Å²) in [6.45, 7) is 4.58. The molecule has 1 amide bonds. The Labute approximate surface area is 169 Å². The molecule has 2 aromatic heterocycles. The van der Waals surface area contributed by atoms with Crippen molar-refractivity contribution < 1.29 is 9.53 Å². The largest absolute Gasteiger partial charge is 0.489 e. The van der Waals surface area contributed by atoms with Gasteiger partial charge in [0.2, 0.25) is 11.9 Å². The summed E-state index contributed by atoms with van der Waals surface area (Å²) in [5.74, 6) is 1.28. The maximum atomic E-state index is 12.0. The molecule has 4 rings (SSSR count). The first-order chi connectivity index (χ1) is 14.1. The number of ether oxygens (including phenoxy) is 1. The zero-order chi connectivity index (χ0) is 20.2. The number of hydrogen-bond acceptors (Lipinski definition) is 4. The van der Waals surface area contributed by atoms with Crippen molar-refractivity contribution in [3.05, 3.63) is 66.4 Å². The fourth-order valence-electron chi connectivity index (χ4n) is 2.98. The predicted octanol–water partition coefficient (Wildman–Crippen LogP) is 4.65. The second-order valence-electron chi connectivity index (χ2n) is 7.24. The summed E-state index contributed by atoms with van der Waals surface area (Å²) >= 11 is 0. The van der Waals surface area contributed by atoms with Gasteiger partial charge in [0.1, 0.15) is 12.4 Å². The van der Waals surface area contributed by atoms with E-state index in [0.717, 1.165) is 35.3 Å². The Morgan fingerprint density at radius 2 is 2.07 bits per heavy atom. The molecule has 2 heterocycles. The Morgan fingerprint density at radius 3 is 2.79 bits per heavy atom. The van der Waals surface area contributed by atoms with Crippen LogP contribution in [0.5, 0.6) is 5.75 Å². The average Bonchev–Trinajstić information content (AvgIpc) is 3.51. The normalized spacial score (nSPS) is 14.5. The van der Waals surface area contributed by atoms with Gasteiger partial charge in [0.15, 0.2) is 5.65 Å². The van der Waals surface area contributed by atoms with E-state index >= 15 is 0 Å². The molecule has 0 saturated heterocycles. The predicted molar refractivity (Wildman–Crippen MR) is 114 cm³/mol. The number of anilines is 1. The lowest BCUT2D eigenvalue weighted by Gasteiger charge is -2.08. The average molecular weight is 388 g/mol. The lowest BCUT2D eigenvalue weighted by Crippen LogP contribution is -2.14. The van der Waals surface area contributed by atoms with Crippen molar-refractivity contribution in [3.63, 3.8) is 0 Å². The summed E-state index contributed by atoms with van der Waals surface area (Å²) in [6, 6.07) is 11.8. The van der Waals surface area contributed by atoms with E-state index in [1.54, 1.807) is 4.52 Å². The molecule has 29 heavy (non-hydrogen) atoms. The molecule has 0 atom stereocenters. The molecule has 1 fully saturated rings. The number of aromatic nitrogens is 3. The number of rotatable bonds is 7. The second-order valence-corrected chi connectivity index (χ2v) is 7.24. The summed E-state index contributed by atoms with van der Waals surface area (Å²) in [7, 11) is 0. The van der Waals surface area contributed by atoms with Crippen molar-refractivity contribution in [3.8, 4) is 16.9 Å². The first-order valence-electron chi connectivity index (χ1n) is 9.82. The molecule has 1 aliphatic carbocycles. The number of nitrogens with zero attached hydrogens (tertiary/aromatic N) is 3. The number of carbonyl (C=O) groups is 1. The van der Waals surface area contributed by atoms with E-state index in [2.05, 4.69) is 15.4 Å². The molecule has 1 N–H and O–H groups in total. The van der Waals surface area contributed by atoms with E-state index in [1.165, 1.54) is 0 Å². The standard InChI is InChI=1S/C23H24N4O2/c1-3-4-6-16(2)15-29-19-12-10-17(11-13-19)20-7-5-14-27-21(20)24-23(26-27)25-22(28)18-8-9-18/h3-7,10-14,18H,8-9,15H2,1-2H3,(H,25,26,28). The van der Waals surface area contributed by atoms with Crippen LogP contribution in [-0.2, 0) is 4.79 Å². The molecule has 0 radical (unpaired) electrons. The van der Waals surface area contributed by atoms with Crippen LogP contribution in [0.3, 0.4) is 0 Å². The minimum atomic E-state index is 0.00253. The van der Waals surface area contributed by atoms with Gasteiger partial charge in [-0.2, -0.15) is 4.98 Å². The summed E-state index contributed by atoms with van der Waals surface area (Å²) in [6.07, 6.45) is 9.76. The van der Waals surface area contributed by atoms with Crippen LogP contribution in [0, 0.1) is 5.92 Å². The Kier molecular flexibility index (Phi) is 5.42. The zero-order valence-electron chi connectivity index (χ0n) is 16.6. The van der Waals surface area contributed by atoms with Crippen molar-refractivity contribution in [2.75, 3.05) is 11.9 Å². The van der Waals surface area contributed by atoms with Crippen LogP contribution in [0.1, 0.15) is 26.7 Å². The third-order valence-electron chi connectivity index (χ3n) is 4.75. The van der Waals surface area contributed by atoms with Crippen molar-refractivity contribution >= 4 is 17.5 Å². The Balaban J connectivity index is 1.51. The van der Waals surface area contributed by atoms with Gasteiger partial charge in [-0.3, -0.25) is 10.1 Å². The molecule has 0 bridgehead atoms. The summed E-state index contributed by atoms with van der Waals surface area (Å²) in [4.78, 5) is 16.5. The highest BCUT2D eigenvalue weighted by molar-refractivity contribution is 5.93. The van der Waals surface area contributed by atoms with Crippen LogP contribution in [0.15, 0.2) is 66.4 Å². The Hall–Kier alpha value is -3.41. The van der Waals surface area contributed by atoms with Crippen LogP contribution in [-0.4, -0.2) is 27.1 Å². The molecule has 6 nitrogen and oxygen atoms in total. The van der Waals surface area contributed by atoms with Gasteiger partial charge in [0, 0.05) is 17.7 Å². The highest BCUT2D eigenvalue weighted by atomic mass is 16.5. The minimum Gasteiger partial charge on any atom is -0.489 e. The lowest BCUT2D eigenvalue weighted by molar-refractivity contribution is -0.117. The van der Waals surface area contributed by atoms with E-state index in [9.17, 15) is 4.79 Å². The second kappa shape index (κ2) is 8.31. The van der Waals surface area contributed by atoms with E-state index in [4.69, 9.17) is 4.74 Å². The van der Waals surface area contributed by atoms with Crippen LogP contribution >= 0.6 is 0 Å². The van der Waals surface area contributed by atoms with Crippen LogP contribution < -0.4 is 10.1 Å².